The van der Waals surface area contributed by atoms with Gasteiger partial charge in [-0.15, -0.1) is 0 Å². The van der Waals surface area contributed by atoms with Crippen LogP contribution in [0.3, 0.4) is 0 Å². The first-order valence-corrected chi connectivity index (χ1v) is 6.22. The molecule has 0 saturated carbocycles. The Kier molecular flexibility index (Phi) is 16.0. The molecule has 0 radical (unpaired) electrons. The number of hydrogen-bond donors (Lipinski definition) is 1. The van der Waals surface area contributed by atoms with E-state index in [1.807, 2.05) is 0 Å². The van der Waals surface area contributed by atoms with Crippen molar-refractivity contribution in [2.45, 2.75) is 18.6 Å². The predicted octanol–water partition coefficient (Wildman–Crippen LogP) is -5.84. The summed E-state index contributed by atoms with van der Waals surface area (Å²) >= 11 is 0. The van der Waals surface area contributed by atoms with E-state index in [4.69, 9.17) is 4.55 Å². The molecule has 10 heteroatoms. The van der Waals surface area contributed by atoms with E-state index in [2.05, 4.69) is 16.1 Å². The van der Waals surface area contributed by atoms with E-state index >= 15 is 0 Å². The molecular formula is C9H16Na2O7S. The number of carbonyl (C=O) groups excluding carboxylic acids is 2. The normalized spacial score (nSPS) is 11.3. The van der Waals surface area contributed by atoms with Gasteiger partial charge in [0, 0.05) is 0 Å². The van der Waals surface area contributed by atoms with E-state index in [1.165, 1.54) is 13.0 Å². The van der Waals surface area contributed by atoms with Crippen molar-refractivity contribution in [2.24, 2.45) is 0 Å². The Labute approximate surface area is 159 Å². The maximum Gasteiger partial charge on any atom is 1.00 e. The molecule has 102 valence electrons. The molecule has 0 heterocycles. The van der Waals surface area contributed by atoms with Crippen LogP contribution in [0.25, 0.3) is 0 Å². The van der Waals surface area contributed by atoms with Gasteiger partial charge in [0.1, 0.15) is 6.61 Å². The van der Waals surface area contributed by atoms with E-state index < -0.39 is 33.7 Å². The summed E-state index contributed by atoms with van der Waals surface area (Å²) in [5.74, 6) is -2.13. The van der Waals surface area contributed by atoms with Gasteiger partial charge in [-0.25, -0.2) is 0 Å². The Morgan fingerprint density at radius 2 is 1.89 bits per heavy atom. The fourth-order valence-electron chi connectivity index (χ4n) is 0.908. The molecule has 0 saturated heterocycles. The van der Waals surface area contributed by atoms with Crippen molar-refractivity contribution in [1.82, 2.24) is 0 Å². The largest absolute Gasteiger partial charge is 1.00 e. The fraction of sp³-hybridized carbons (Fsp3) is 0.556. The average molecular weight is 314 g/mol. The van der Waals surface area contributed by atoms with Crippen LogP contribution in [-0.4, -0.2) is 43.4 Å². The Balaban J connectivity index is -0.000000213. The van der Waals surface area contributed by atoms with Gasteiger partial charge in [-0.1, -0.05) is 12.7 Å². The van der Waals surface area contributed by atoms with Crippen LogP contribution in [0.4, 0.5) is 0 Å². The molecule has 0 bridgehead atoms. The summed E-state index contributed by atoms with van der Waals surface area (Å²) in [5.41, 5.74) is 0. The topological polar surface area (TPSA) is 107 Å². The van der Waals surface area contributed by atoms with Crippen molar-refractivity contribution < 1.29 is 94.0 Å². The van der Waals surface area contributed by atoms with E-state index in [9.17, 15) is 18.0 Å². The van der Waals surface area contributed by atoms with Crippen LogP contribution in [0.15, 0.2) is 12.7 Å². The first kappa shape index (κ1) is 24.6. The van der Waals surface area contributed by atoms with Gasteiger partial charge in [0.15, 0.2) is 5.25 Å². The summed E-state index contributed by atoms with van der Waals surface area (Å²) in [6.07, 6.45) is 0.482. The first-order valence-electron chi connectivity index (χ1n) is 4.72. The number of esters is 2. The van der Waals surface area contributed by atoms with Crippen LogP contribution in [-0.2, 0) is 29.2 Å². The predicted molar refractivity (Wildman–Crippen MR) is 60.0 cm³/mol. The van der Waals surface area contributed by atoms with Crippen molar-refractivity contribution in [3.05, 3.63) is 12.7 Å². The molecule has 0 aromatic rings. The Morgan fingerprint density at radius 1 is 1.37 bits per heavy atom. The van der Waals surface area contributed by atoms with Crippen molar-refractivity contribution in [2.75, 3.05) is 13.2 Å². The molecule has 0 aromatic carbocycles. The van der Waals surface area contributed by atoms with E-state index in [1.54, 1.807) is 0 Å². The summed E-state index contributed by atoms with van der Waals surface area (Å²) in [4.78, 5) is 22.3. The number of ether oxygens (including phenoxy) is 2. The molecule has 0 aromatic heterocycles. The third-order valence-corrected chi connectivity index (χ3v) is 2.70. The molecule has 0 aliphatic heterocycles. The van der Waals surface area contributed by atoms with Crippen LogP contribution in [0, 0.1) is 0 Å². The smallest absolute Gasteiger partial charge is 1.00 e. The maximum absolute atomic E-state index is 11.2. The SMILES string of the molecule is C=CCOC(=O)CC(C(=O)OCC)S(=O)(=O)O.[H-].[H-].[Na+].[Na+]. The third kappa shape index (κ3) is 11.0. The molecular weight excluding hydrogens is 298 g/mol. The quantitative estimate of drug-likeness (QED) is 0.216. The van der Waals surface area contributed by atoms with Crippen LogP contribution in [0.2, 0.25) is 0 Å². The van der Waals surface area contributed by atoms with Gasteiger partial charge in [0.2, 0.25) is 0 Å². The van der Waals surface area contributed by atoms with Crippen molar-refractivity contribution in [1.29, 1.82) is 0 Å². The van der Waals surface area contributed by atoms with Crippen LogP contribution < -0.4 is 59.1 Å². The monoisotopic (exact) mass is 314 g/mol. The minimum atomic E-state index is -4.71. The zero-order valence-electron chi connectivity index (χ0n) is 13.3. The Bertz CT molecular complexity index is 403. The second kappa shape index (κ2) is 12.3. The average Bonchev–Trinajstić information content (AvgIpc) is 2.21. The van der Waals surface area contributed by atoms with Crippen molar-refractivity contribution >= 4 is 22.1 Å². The van der Waals surface area contributed by atoms with Crippen LogP contribution >= 0.6 is 0 Å². The zero-order chi connectivity index (χ0) is 13.5. The summed E-state index contributed by atoms with van der Waals surface area (Å²) in [7, 11) is -4.71. The number of rotatable bonds is 7. The molecule has 0 rings (SSSR count). The molecule has 1 N–H and O–H groups in total. The van der Waals surface area contributed by atoms with Gasteiger partial charge in [0.25, 0.3) is 10.1 Å². The minimum Gasteiger partial charge on any atom is -1.00 e. The summed E-state index contributed by atoms with van der Waals surface area (Å²) in [6.45, 7) is 4.58. The molecule has 0 fully saturated rings. The zero-order valence-corrected chi connectivity index (χ0v) is 16.1. The second-order valence-corrected chi connectivity index (χ2v) is 4.53. The first-order chi connectivity index (χ1) is 7.82. The van der Waals surface area contributed by atoms with Gasteiger partial charge in [-0.3, -0.25) is 14.1 Å². The molecule has 1 atom stereocenters. The standard InChI is InChI=1S/C9H14O7S.2Na.2H/c1-3-5-16-8(10)6-7(17(12,13)14)9(11)15-4-2;;;;/h3,7H,1,4-6H2,2H3,(H,12,13,14);;;;/q;2*+1;2*-1. The fourth-order valence-corrected chi connectivity index (χ4v) is 1.57. The summed E-state index contributed by atoms with van der Waals surface area (Å²) in [5, 5.41) is -1.96. The number of hydrogen-bond acceptors (Lipinski definition) is 6. The number of carbonyl (C=O) groups is 2. The second-order valence-electron chi connectivity index (χ2n) is 2.93. The molecule has 7 nitrogen and oxygen atoms in total. The van der Waals surface area contributed by atoms with Gasteiger partial charge in [0.05, 0.1) is 13.0 Å². The summed E-state index contributed by atoms with van der Waals surface area (Å²) < 4.78 is 39.5. The van der Waals surface area contributed by atoms with Crippen LogP contribution in [0.5, 0.6) is 0 Å². The Hall–Kier alpha value is 0.590. The Morgan fingerprint density at radius 3 is 2.26 bits per heavy atom. The van der Waals surface area contributed by atoms with E-state index in [0.717, 1.165) is 0 Å². The van der Waals surface area contributed by atoms with Gasteiger partial charge in [-0.05, 0) is 6.92 Å². The summed E-state index contributed by atoms with van der Waals surface area (Å²) in [6, 6.07) is 0. The van der Waals surface area contributed by atoms with Gasteiger partial charge < -0.3 is 12.3 Å². The molecule has 19 heavy (non-hydrogen) atoms. The molecule has 0 amide bonds. The maximum atomic E-state index is 11.2. The molecule has 1 unspecified atom stereocenters. The van der Waals surface area contributed by atoms with Crippen molar-refractivity contribution in [3.8, 4) is 0 Å². The van der Waals surface area contributed by atoms with Gasteiger partial charge >= 0.3 is 71.1 Å². The van der Waals surface area contributed by atoms with E-state index in [0.29, 0.717) is 0 Å². The third-order valence-electron chi connectivity index (χ3n) is 1.62. The van der Waals surface area contributed by atoms with Gasteiger partial charge in [-0.2, -0.15) is 8.42 Å². The van der Waals surface area contributed by atoms with Crippen molar-refractivity contribution in [3.63, 3.8) is 0 Å². The molecule has 0 aliphatic rings. The minimum absolute atomic E-state index is 0. The molecule has 0 spiro atoms. The van der Waals surface area contributed by atoms with E-state index in [-0.39, 0.29) is 75.2 Å². The molecule has 0 aliphatic carbocycles. The van der Waals surface area contributed by atoms with Crippen LogP contribution in [0.1, 0.15) is 16.2 Å².